The van der Waals surface area contributed by atoms with Crippen LogP contribution in [0.5, 0.6) is 0 Å². The fourth-order valence-electron chi connectivity index (χ4n) is 3.47. The predicted molar refractivity (Wildman–Crippen MR) is 102 cm³/mol. The van der Waals surface area contributed by atoms with Crippen molar-refractivity contribution >= 4 is 17.7 Å². The van der Waals surface area contributed by atoms with Crippen LogP contribution >= 0.6 is 0 Å². The predicted octanol–water partition coefficient (Wildman–Crippen LogP) is 0.982. The highest BCUT2D eigenvalue weighted by atomic mass is 16.7. The van der Waals surface area contributed by atoms with Crippen molar-refractivity contribution in [3.63, 3.8) is 0 Å². The Hall–Kier alpha value is -1.55. The first-order valence-electron chi connectivity index (χ1n) is 10.3. The van der Waals surface area contributed by atoms with Crippen LogP contribution in [0.3, 0.4) is 0 Å². The van der Waals surface area contributed by atoms with Crippen LogP contribution in [-0.2, 0) is 33.3 Å². The molecule has 2 atom stereocenters. The molecule has 0 radical (unpaired) electrons. The van der Waals surface area contributed by atoms with Crippen LogP contribution in [0.15, 0.2) is 0 Å². The number of hydrogen-bond acceptors (Lipinski definition) is 9. The van der Waals surface area contributed by atoms with Gasteiger partial charge in [0.2, 0.25) is 0 Å². The molecule has 9 nitrogen and oxygen atoms in total. The molecule has 9 heteroatoms. The van der Waals surface area contributed by atoms with Crippen LogP contribution < -0.4 is 0 Å². The third-order valence-corrected chi connectivity index (χ3v) is 4.83. The van der Waals surface area contributed by atoms with Crippen molar-refractivity contribution < 1.29 is 43.5 Å². The topological polar surface area (TPSA) is 129 Å². The Bertz CT molecular complexity index is 512. The third kappa shape index (κ3) is 8.77. The number of hydrogen-bond donors (Lipinski definition) is 2. The molecule has 1 saturated heterocycles. The van der Waals surface area contributed by atoms with Gasteiger partial charge in [0.1, 0.15) is 5.78 Å². The monoisotopic (exact) mass is 418 g/mol. The van der Waals surface area contributed by atoms with E-state index in [2.05, 4.69) is 0 Å². The number of aliphatic hydroxyl groups excluding tert-OH is 2. The summed E-state index contributed by atoms with van der Waals surface area (Å²) in [6.07, 6.45) is 3.90. The Morgan fingerprint density at radius 3 is 2.00 bits per heavy atom. The molecule has 3 fully saturated rings. The van der Waals surface area contributed by atoms with E-state index in [1.54, 1.807) is 6.92 Å². The van der Waals surface area contributed by atoms with Crippen molar-refractivity contribution in [3.8, 4) is 0 Å². The number of rotatable bonds is 5. The van der Waals surface area contributed by atoms with E-state index in [9.17, 15) is 14.4 Å². The van der Waals surface area contributed by atoms with Gasteiger partial charge in [-0.1, -0.05) is 0 Å². The van der Waals surface area contributed by atoms with Gasteiger partial charge in [-0.15, -0.1) is 0 Å². The molecule has 2 unspecified atom stereocenters. The summed E-state index contributed by atoms with van der Waals surface area (Å²) in [5.74, 6) is -0.780. The Morgan fingerprint density at radius 1 is 1.00 bits per heavy atom. The van der Waals surface area contributed by atoms with Crippen LogP contribution in [0.25, 0.3) is 0 Å². The van der Waals surface area contributed by atoms with Gasteiger partial charge >= 0.3 is 11.9 Å². The Balaban J connectivity index is 0.000000251. The van der Waals surface area contributed by atoms with E-state index in [4.69, 9.17) is 29.2 Å². The van der Waals surface area contributed by atoms with E-state index in [1.165, 1.54) is 0 Å². The van der Waals surface area contributed by atoms with Crippen molar-refractivity contribution in [2.45, 2.75) is 58.2 Å². The zero-order chi connectivity index (χ0) is 21.7. The Labute approximate surface area is 171 Å². The lowest BCUT2D eigenvalue weighted by molar-refractivity contribution is -0.162. The molecule has 2 N–H and O–H groups in total. The molecule has 0 bridgehead atoms. The summed E-state index contributed by atoms with van der Waals surface area (Å²) in [5, 5.41) is 15.2. The van der Waals surface area contributed by atoms with Gasteiger partial charge in [-0.2, -0.15) is 0 Å². The maximum absolute atomic E-state index is 11.5. The van der Waals surface area contributed by atoms with Crippen molar-refractivity contribution in [1.82, 2.24) is 0 Å². The summed E-state index contributed by atoms with van der Waals surface area (Å²) in [7, 11) is 0. The number of aliphatic hydroxyl groups is 2. The van der Waals surface area contributed by atoms with E-state index in [-0.39, 0.29) is 42.8 Å². The van der Waals surface area contributed by atoms with E-state index in [0.29, 0.717) is 52.1 Å². The van der Waals surface area contributed by atoms with Gasteiger partial charge in [0, 0.05) is 25.7 Å². The Morgan fingerprint density at radius 2 is 1.55 bits per heavy atom. The van der Waals surface area contributed by atoms with Crippen LogP contribution in [0, 0.1) is 11.8 Å². The molecule has 1 aliphatic heterocycles. The van der Waals surface area contributed by atoms with Crippen molar-refractivity contribution in [3.05, 3.63) is 0 Å². The molecule has 1 spiro atoms. The summed E-state index contributed by atoms with van der Waals surface area (Å²) < 4.78 is 20.8. The highest BCUT2D eigenvalue weighted by molar-refractivity contribution is 5.87. The quantitative estimate of drug-likeness (QED) is 0.628. The number of carbonyl (C=O) groups excluding carboxylic acids is 3. The fourth-order valence-corrected chi connectivity index (χ4v) is 3.47. The van der Waals surface area contributed by atoms with Gasteiger partial charge in [-0.05, 0) is 26.7 Å². The molecule has 2 aliphatic carbocycles. The SMILES string of the molecule is CCOC(=O)C1CCC(=O)C1.CCOC(=O)C1CCC2(C1)OCCO2.OCCO. The van der Waals surface area contributed by atoms with Crippen molar-refractivity contribution in [2.24, 2.45) is 11.8 Å². The van der Waals surface area contributed by atoms with Crippen LogP contribution in [0.2, 0.25) is 0 Å². The lowest BCUT2D eigenvalue weighted by Crippen LogP contribution is -2.27. The first kappa shape index (κ1) is 25.5. The number of esters is 2. The summed E-state index contributed by atoms with van der Waals surface area (Å²) in [4.78, 5) is 33.2. The zero-order valence-electron chi connectivity index (χ0n) is 17.4. The van der Waals surface area contributed by atoms with Gasteiger partial charge in [-0.25, -0.2) is 0 Å². The summed E-state index contributed by atoms with van der Waals surface area (Å²) >= 11 is 0. The highest BCUT2D eigenvalue weighted by Gasteiger charge is 2.46. The molecular weight excluding hydrogens is 384 g/mol. The van der Waals surface area contributed by atoms with E-state index >= 15 is 0 Å². The first-order chi connectivity index (χ1) is 13.9. The van der Waals surface area contributed by atoms with E-state index in [1.807, 2.05) is 6.92 Å². The second kappa shape index (κ2) is 13.6. The van der Waals surface area contributed by atoms with Gasteiger partial charge in [0.25, 0.3) is 0 Å². The van der Waals surface area contributed by atoms with Crippen LogP contribution in [0.4, 0.5) is 0 Å². The standard InChI is InChI=1S/C10H16O4.C8H12O3.C2H6O2/c1-2-12-9(11)8-3-4-10(7-8)13-5-6-14-10;1-2-11-8(10)6-3-4-7(9)5-6;3-1-2-4/h8H,2-7H2,1H3;6H,2-5H2,1H3;3-4H,1-2H2. The normalized spacial score (nSPS) is 24.3. The van der Waals surface area contributed by atoms with Crippen LogP contribution in [-0.4, -0.2) is 73.4 Å². The van der Waals surface area contributed by atoms with Gasteiger partial charge in [0.05, 0.1) is 51.5 Å². The third-order valence-electron chi connectivity index (χ3n) is 4.83. The van der Waals surface area contributed by atoms with Crippen molar-refractivity contribution in [2.75, 3.05) is 39.6 Å². The maximum Gasteiger partial charge on any atom is 0.309 e. The summed E-state index contributed by atoms with van der Waals surface area (Å²) in [6, 6.07) is 0. The minimum absolute atomic E-state index is 0.0342. The fraction of sp³-hybridized carbons (Fsp3) is 0.850. The number of Topliss-reactive ketones (excluding diaryl/α,β-unsaturated/α-hetero) is 1. The summed E-state index contributed by atoms with van der Waals surface area (Å²) in [6.45, 7) is 5.50. The summed E-state index contributed by atoms with van der Waals surface area (Å²) in [5.41, 5.74) is 0. The second-order valence-corrected chi connectivity index (χ2v) is 6.98. The second-order valence-electron chi connectivity index (χ2n) is 6.98. The number of ether oxygens (including phenoxy) is 4. The minimum atomic E-state index is -0.461. The van der Waals surface area contributed by atoms with Crippen molar-refractivity contribution in [1.29, 1.82) is 0 Å². The van der Waals surface area contributed by atoms with Gasteiger partial charge in [0.15, 0.2) is 5.79 Å². The average molecular weight is 418 g/mol. The molecule has 29 heavy (non-hydrogen) atoms. The highest BCUT2D eigenvalue weighted by Crippen LogP contribution is 2.41. The van der Waals surface area contributed by atoms with E-state index < -0.39 is 5.79 Å². The first-order valence-corrected chi connectivity index (χ1v) is 10.3. The molecule has 0 aromatic rings. The zero-order valence-corrected chi connectivity index (χ0v) is 17.4. The lowest BCUT2D eigenvalue weighted by atomic mass is 10.1. The van der Waals surface area contributed by atoms with Gasteiger partial charge in [-0.3, -0.25) is 14.4 Å². The Kier molecular flexibility index (Phi) is 12.0. The molecule has 1 heterocycles. The lowest BCUT2D eigenvalue weighted by Gasteiger charge is -2.20. The maximum atomic E-state index is 11.5. The van der Waals surface area contributed by atoms with Gasteiger partial charge < -0.3 is 29.2 Å². The molecule has 2 saturated carbocycles. The smallest absolute Gasteiger partial charge is 0.309 e. The molecule has 0 aromatic carbocycles. The molecule has 0 amide bonds. The largest absolute Gasteiger partial charge is 0.466 e. The number of ketones is 1. The molecular formula is C20H34O9. The molecule has 3 aliphatic rings. The minimum Gasteiger partial charge on any atom is -0.466 e. The number of carbonyl (C=O) groups is 3. The molecule has 0 aromatic heterocycles. The molecule has 168 valence electrons. The van der Waals surface area contributed by atoms with Crippen LogP contribution in [0.1, 0.15) is 52.4 Å². The average Bonchev–Trinajstić information content (AvgIpc) is 3.46. The molecule has 3 rings (SSSR count). The van der Waals surface area contributed by atoms with E-state index in [0.717, 1.165) is 12.8 Å².